The van der Waals surface area contributed by atoms with Crippen molar-refractivity contribution in [2.45, 2.75) is 6.61 Å². The van der Waals surface area contributed by atoms with Crippen LogP contribution >= 0.6 is 11.6 Å². The first kappa shape index (κ1) is 16.1. The maximum Gasteiger partial charge on any atom is 0.119 e. The largest absolute Gasteiger partial charge is 0.508 e. The van der Waals surface area contributed by atoms with Crippen molar-refractivity contribution < 1.29 is 9.84 Å². The van der Waals surface area contributed by atoms with Crippen molar-refractivity contribution in [3.05, 3.63) is 88.9 Å². The van der Waals surface area contributed by atoms with Gasteiger partial charge in [-0.25, -0.2) is 0 Å². The summed E-state index contributed by atoms with van der Waals surface area (Å²) in [4.78, 5) is 4.36. The lowest BCUT2D eigenvalue weighted by atomic mass is 10.2. The molecule has 0 fully saturated rings. The minimum absolute atomic E-state index is 0.231. The van der Waals surface area contributed by atoms with Crippen molar-refractivity contribution in [1.82, 2.24) is 0 Å². The summed E-state index contributed by atoms with van der Waals surface area (Å²) in [5.74, 6) is 1.01. The Hall–Kier alpha value is -2.78. The van der Waals surface area contributed by atoms with Gasteiger partial charge in [0.05, 0.1) is 5.69 Å². The van der Waals surface area contributed by atoms with Crippen LogP contribution in [0.5, 0.6) is 11.5 Å². The van der Waals surface area contributed by atoms with Crippen LogP contribution in [0.4, 0.5) is 5.69 Å². The second-order valence-corrected chi connectivity index (χ2v) is 5.63. The molecule has 3 aromatic rings. The van der Waals surface area contributed by atoms with Crippen LogP contribution in [0, 0.1) is 0 Å². The Morgan fingerprint density at radius 2 is 1.62 bits per heavy atom. The highest BCUT2D eigenvalue weighted by molar-refractivity contribution is 6.31. The maximum atomic E-state index is 9.25. The molecule has 0 atom stereocenters. The number of ether oxygens (including phenoxy) is 1. The fourth-order valence-corrected chi connectivity index (χ4v) is 2.30. The number of phenolic OH excluding ortho intramolecular Hbond substituents is 1. The topological polar surface area (TPSA) is 41.8 Å². The molecule has 0 heterocycles. The molecule has 0 aliphatic rings. The second kappa shape index (κ2) is 7.66. The van der Waals surface area contributed by atoms with Crippen molar-refractivity contribution in [3.63, 3.8) is 0 Å². The van der Waals surface area contributed by atoms with Crippen LogP contribution in [-0.4, -0.2) is 11.3 Å². The number of hydrogen-bond donors (Lipinski definition) is 1. The Morgan fingerprint density at radius 1 is 0.917 bits per heavy atom. The number of phenols is 1. The van der Waals surface area contributed by atoms with Crippen LogP contribution in [0.25, 0.3) is 0 Å². The van der Waals surface area contributed by atoms with Gasteiger partial charge >= 0.3 is 0 Å². The highest BCUT2D eigenvalue weighted by atomic mass is 35.5. The first-order valence-corrected chi connectivity index (χ1v) is 7.88. The molecule has 0 aliphatic heterocycles. The van der Waals surface area contributed by atoms with Gasteiger partial charge in [-0.05, 0) is 60.2 Å². The van der Waals surface area contributed by atoms with E-state index >= 15 is 0 Å². The van der Waals surface area contributed by atoms with Gasteiger partial charge in [0.25, 0.3) is 0 Å². The average molecular weight is 338 g/mol. The van der Waals surface area contributed by atoms with Gasteiger partial charge in [0.1, 0.15) is 18.1 Å². The van der Waals surface area contributed by atoms with E-state index < -0.39 is 0 Å². The summed E-state index contributed by atoms with van der Waals surface area (Å²) < 4.78 is 5.75. The molecule has 120 valence electrons. The van der Waals surface area contributed by atoms with Gasteiger partial charge in [-0.3, -0.25) is 4.99 Å². The summed E-state index contributed by atoms with van der Waals surface area (Å²) in [5.41, 5.74) is 2.71. The van der Waals surface area contributed by atoms with Gasteiger partial charge in [0.2, 0.25) is 0 Å². The highest BCUT2D eigenvalue weighted by Crippen LogP contribution is 2.19. The molecule has 0 amide bonds. The zero-order valence-corrected chi connectivity index (χ0v) is 13.6. The van der Waals surface area contributed by atoms with Crippen LogP contribution in [0.15, 0.2) is 77.8 Å². The predicted molar refractivity (Wildman–Crippen MR) is 97.6 cm³/mol. The normalized spacial score (nSPS) is 10.9. The van der Waals surface area contributed by atoms with E-state index in [4.69, 9.17) is 16.3 Å². The third-order valence-electron chi connectivity index (χ3n) is 3.44. The van der Waals surface area contributed by atoms with E-state index in [9.17, 15) is 5.11 Å². The molecule has 0 saturated carbocycles. The molecule has 0 aliphatic carbocycles. The Kier molecular flexibility index (Phi) is 5.14. The van der Waals surface area contributed by atoms with Crippen LogP contribution in [0.2, 0.25) is 5.02 Å². The minimum atomic E-state index is 0.231. The molecular weight excluding hydrogens is 322 g/mol. The Morgan fingerprint density at radius 3 is 2.33 bits per heavy atom. The van der Waals surface area contributed by atoms with Crippen molar-refractivity contribution in [3.8, 4) is 11.5 Å². The molecule has 0 bridgehead atoms. The quantitative estimate of drug-likeness (QED) is 0.635. The predicted octanol–water partition coefficient (Wildman–Crippen LogP) is 5.38. The number of halogens is 1. The van der Waals surface area contributed by atoms with Gasteiger partial charge in [-0.2, -0.15) is 0 Å². The molecule has 4 heteroatoms. The number of aliphatic imine (C=N–C) groups is 1. The summed E-state index contributed by atoms with van der Waals surface area (Å²) in [6.07, 6.45) is 1.77. The number of hydrogen-bond acceptors (Lipinski definition) is 3. The van der Waals surface area contributed by atoms with Crippen LogP contribution in [0.1, 0.15) is 11.1 Å². The van der Waals surface area contributed by atoms with E-state index in [0.717, 1.165) is 22.6 Å². The zero-order chi connectivity index (χ0) is 16.8. The highest BCUT2D eigenvalue weighted by Gasteiger charge is 2.00. The van der Waals surface area contributed by atoms with Gasteiger partial charge in [-0.1, -0.05) is 29.8 Å². The summed E-state index contributed by atoms with van der Waals surface area (Å²) >= 11 is 6.11. The van der Waals surface area contributed by atoms with Crippen LogP contribution in [-0.2, 0) is 6.61 Å². The SMILES string of the molecule is Oc1ccc(N=Cc2ccc(OCc3ccccc3Cl)cc2)cc1. The first-order chi connectivity index (χ1) is 11.7. The number of nitrogens with zero attached hydrogens (tertiary/aromatic N) is 1. The van der Waals surface area contributed by atoms with Gasteiger partial charge in [0.15, 0.2) is 0 Å². The average Bonchev–Trinajstić information content (AvgIpc) is 2.61. The molecule has 3 aromatic carbocycles. The summed E-state index contributed by atoms with van der Waals surface area (Å²) in [5, 5.41) is 9.95. The van der Waals surface area contributed by atoms with E-state index in [1.165, 1.54) is 0 Å². The van der Waals surface area contributed by atoms with E-state index in [0.29, 0.717) is 11.6 Å². The van der Waals surface area contributed by atoms with Crippen LogP contribution in [0.3, 0.4) is 0 Å². The van der Waals surface area contributed by atoms with Gasteiger partial charge < -0.3 is 9.84 Å². The molecule has 3 nitrogen and oxygen atoms in total. The molecule has 0 unspecified atom stereocenters. The standard InChI is InChI=1S/C20H16ClNO2/c21-20-4-2-1-3-16(20)14-24-19-11-5-15(6-12-19)13-22-17-7-9-18(23)10-8-17/h1-13,23H,14H2. The van der Waals surface area contributed by atoms with Crippen molar-refractivity contribution in [1.29, 1.82) is 0 Å². The Bertz CT molecular complexity index is 827. The minimum Gasteiger partial charge on any atom is -0.508 e. The third kappa shape index (κ3) is 4.37. The number of benzene rings is 3. The first-order valence-electron chi connectivity index (χ1n) is 7.50. The van der Waals surface area contributed by atoms with E-state index in [2.05, 4.69) is 4.99 Å². The molecule has 1 N–H and O–H groups in total. The number of aromatic hydroxyl groups is 1. The fourth-order valence-electron chi connectivity index (χ4n) is 2.11. The number of rotatable bonds is 5. The molecule has 0 spiro atoms. The second-order valence-electron chi connectivity index (χ2n) is 5.22. The summed E-state index contributed by atoms with van der Waals surface area (Å²) in [6, 6.07) is 22.0. The van der Waals surface area contributed by atoms with E-state index in [1.807, 2.05) is 48.5 Å². The maximum absolute atomic E-state index is 9.25. The molecule has 0 aromatic heterocycles. The molecular formula is C20H16ClNO2. The lowest BCUT2D eigenvalue weighted by molar-refractivity contribution is 0.306. The van der Waals surface area contributed by atoms with Crippen molar-refractivity contribution in [2.75, 3.05) is 0 Å². The lowest BCUT2D eigenvalue weighted by Gasteiger charge is -2.07. The Balaban J connectivity index is 1.61. The van der Waals surface area contributed by atoms with Gasteiger partial charge in [-0.15, -0.1) is 0 Å². The van der Waals surface area contributed by atoms with Crippen molar-refractivity contribution >= 4 is 23.5 Å². The van der Waals surface area contributed by atoms with Gasteiger partial charge in [0, 0.05) is 16.8 Å². The Labute approximate surface area is 145 Å². The zero-order valence-electron chi connectivity index (χ0n) is 12.9. The molecule has 3 rings (SSSR count). The molecule has 0 radical (unpaired) electrons. The monoisotopic (exact) mass is 337 g/mol. The summed E-state index contributed by atoms with van der Waals surface area (Å²) in [7, 11) is 0. The molecule has 24 heavy (non-hydrogen) atoms. The fraction of sp³-hybridized carbons (Fsp3) is 0.0500. The van der Waals surface area contributed by atoms with Crippen molar-refractivity contribution in [2.24, 2.45) is 4.99 Å². The smallest absolute Gasteiger partial charge is 0.119 e. The van der Waals surface area contributed by atoms with Crippen LogP contribution < -0.4 is 4.74 Å². The third-order valence-corrected chi connectivity index (χ3v) is 3.81. The van der Waals surface area contributed by atoms with E-state index in [-0.39, 0.29) is 5.75 Å². The lowest BCUT2D eigenvalue weighted by Crippen LogP contribution is -1.96. The molecule has 0 saturated heterocycles. The van der Waals surface area contributed by atoms with E-state index in [1.54, 1.807) is 30.5 Å². The summed E-state index contributed by atoms with van der Waals surface area (Å²) in [6.45, 7) is 0.431.